The summed E-state index contributed by atoms with van der Waals surface area (Å²) in [6.07, 6.45) is 5.38. The van der Waals surface area contributed by atoms with Gasteiger partial charge in [-0.25, -0.2) is 8.42 Å². The maximum absolute atomic E-state index is 12.6. The molecule has 0 saturated carbocycles. The summed E-state index contributed by atoms with van der Waals surface area (Å²) >= 11 is 7.22. The Morgan fingerprint density at radius 1 is 1.17 bits per heavy atom. The molecule has 0 radical (unpaired) electrons. The number of halogens is 1. The second-order valence-electron chi connectivity index (χ2n) is 4.51. The predicted octanol–water partition coefficient (Wildman–Crippen LogP) is 3.44. The molecule has 1 aromatic heterocycles. The summed E-state index contributed by atoms with van der Waals surface area (Å²) in [5.41, 5.74) is 0. The van der Waals surface area contributed by atoms with E-state index in [0.717, 1.165) is 30.6 Å². The van der Waals surface area contributed by atoms with E-state index >= 15 is 0 Å². The summed E-state index contributed by atoms with van der Waals surface area (Å²) in [6, 6.07) is 1.68. The first-order valence-electron chi connectivity index (χ1n) is 6.29. The van der Waals surface area contributed by atoms with E-state index in [9.17, 15) is 8.42 Å². The van der Waals surface area contributed by atoms with Gasteiger partial charge in [-0.2, -0.15) is 4.31 Å². The van der Waals surface area contributed by atoms with Crippen LogP contribution < -0.4 is 0 Å². The number of rotatable bonds is 3. The number of hydrogen-bond acceptors (Lipinski definition) is 3. The Hall–Kier alpha value is -0.100. The number of nitrogens with zero attached hydrogens (tertiary/aromatic N) is 1. The van der Waals surface area contributed by atoms with Gasteiger partial charge in [0.2, 0.25) is 10.0 Å². The Bertz CT molecular complexity index is 476. The van der Waals surface area contributed by atoms with Crippen molar-refractivity contribution in [1.82, 2.24) is 4.31 Å². The van der Waals surface area contributed by atoms with Crippen LogP contribution in [0.2, 0.25) is 0 Å². The van der Waals surface area contributed by atoms with Gasteiger partial charge in [0.25, 0.3) is 0 Å². The van der Waals surface area contributed by atoms with Crippen LogP contribution in [0.25, 0.3) is 0 Å². The molecule has 18 heavy (non-hydrogen) atoms. The van der Waals surface area contributed by atoms with Crippen LogP contribution in [0.1, 0.15) is 37.0 Å². The van der Waals surface area contributed by atoms with Crippen LogP contribution in [0.5, 0.6) is 0 Å². The summed E-state index contributed by atoms with van der Waals surface area (Å²) in [4.78, 5) is 1.15. The molecule has 2 rings (SSSR count). The third-order valence-electron chi connectivity index (χ3n) is 3.26. The van der Waals surface area contributed by atoms with Gasteiger partial charge in [0.1, 0.15) is 0 Å². The van der Waals surface area contributed by atoms with Crippen LogP contribution >= 0.6 is 22.9 Å². The number of alkyl halides is 1. The van der Waals surface area contributed by atoms with Crippen molar-refractivity contribution in [3.05, 3.63) is 16.3 Å². The summed E-state index contributed by atoms with van der Waals surface area (Å²) in [6.45, 7) is 1.28. The zero-order valence-corrected chi connectivity index (χ0v) is 12.7. The summed E-state index contributed by atoms with van der Waals surface area (Å²) < 4.78 is 26.8. The second-order valence-corrected chi connectivity index (χ2v) is 7.69. The van der Waals surface area contributed by atoms with Crippen molar-refractivity contribution in [2.45, 2.75) is 42.9 Å². The largest absolute Gasteiger partial charge is 0.244 e. The summed E-state index contributed by atoms with van der Waals surface area (Å²) in [5.74, 6) is 0.264. The Morgan fingerprint density at radius 2 is 1.78 bits per heavy atom. The number of hydrogen-bond donors (Lipinski definition) is 0. The molecule has 1 saturated heterocycles. The van der Waals surface area contributed by atoms with Crippen LogP contribution in [-0.4, -0.2) is 25.8 Å². The van der Waals surface area contributed by atoms with Gasteiger partial charge in [-0.15, -0.1) is 22.9 Å². The zero-order valence-electron chi connectivity index (χ0n) is 10.3. The molecule has 0 spiro atoms. The molecule has 102 valence electrons. The van der Waals surface area contributed by atoms with E-state index in [1.807, 2.05) is 0 Å². The first-order valence-corrected chi connectivity index (χ1v) is 9.14. The Kier molecular flexibility index (Phi) is 5.06. The topological polar surface area (TPSA) is 37.4 Å². The molecule has 3 nitrogen and oxygen atoms in total. The fourth-order valence-electron chi connectivity index (χ4n) is 2.25. The van der Waals surface area contributed by atoms with Gasteiger partial charge >= 0.3 is 0 Å². The molecule has 0 amide bonds. The van der Waals surface area contributed by atoms with Crippen molar-refractivity contribution in [3.63, 3.8) is 0 Å². The molecule has 6 heteroatoms. The minimum absolute atomic E-state index is 0.264. The first kappa shape index (κ1) is 14.3. The van der Waals surface area contributed by atoms with Crippen molar-refractivity contribution in [3.8, 4) is 0 Å². The number of sulfonamides is 1. The monoisotopic (exact) mass is 307 g/mol. The molecule has 1 aliphatic heterocycles. The quantitative estimate of drug-likeness (QED) is 0.802. The van der Waals surface area contributed by atoms with Crippen molar-refractivity contribution < 1.29 is 8.42 Å². The predicted molar refractivity (Wildman–Crippen MR) is 75.7 cm³/mol. The minimum atomic E-state index is -3.34. The molecular formula is C12H18ClNO2S2. The molecule has 0 aromatic carbocycles. The highest BCUT2D eigenvalue weighted by atomic mass is 35.5. The van der Waals surface area contributed by atoms with Gasteiger partial charge in [0.05, 0.1) is 10.8 Å². The van der Waals surface area contributed by atoms with Gasteiger partial charge in [0.15, 0.2) is 0 Å². The first-order chi connectivity index (χ1) is 8.66. The average molecular weight is 308 g/mol. The number of thiophene rings is 1. The highest BCUT2D eigenvalue weighted by Crippen LogP contribution is 2.27. The highest BCUT2D eigenvalue weighted by molar-refractivity contribution is 7.89. The highest BCUT2D eigenvalue weighted by Gasteiger charge is 2.27. The van der Waals surface area contributed by atoms with Gasteiger partial charge in [0, 0.05) is 18.0 Å². The second kappa shape index (κ2) is 6.37. The van der Waals surface area contributed by atoms with E-state index in [1.54, 1.807) is 15.8 Å². The summed E-state index contributed by atoms with van der Waals surface area (Å²) in [7, 11) is -3.34. The molecule has 0 atom stereocenters. The van der Waals surface area contributed by atoms with Crippen LogP contribution in [0, 0.1) is 0 Å². The van der Waals surface area contributed by atoms with Crippen molar-refractivity contribution >= 4 is 33.0 Å². The maximum Gasteiger partial charge on any atom is 0.244 e. The Labute approximate surface area is 118 Å². The van der Waals surface area contributed by atoms with E-state index in [1.165, 1.54) is 17.8 Å². The zero-order chi connectivity index (χ0) is 13.0. The summed E-state index contributed by atoms with van der Waals surface area (Å²) in [5, 5.41) is 1.80. The maximum atomic E-state index is 12.6. The molecule has 1 aromatic rings. The fraction of sp³-hybridized carbons (Fsp3) is 0.667. The molecule has 0 N–H and O–H groups in total. The minimum Gasteiger partial charge on any atom is -0.207 e. The average Bonchev–Trinajstić information content (AvgIpc) is 2.76. The lowest BCUT2D eigenvalue weighted by atomic mass is 10.1. The van der Waals surface area contributed by atoms with Crippen molar-refractivity contribution in [2.24, 2.45) is 0 Å². The normalized spacial score (nSPS) is 19.4. The van der Waals surface area contributed by atoms with Gasteiger partial charge in [-0.05, 0) is 24.3 Å². The van der Waals surface area contributed by atoms with E-state index in [4.69, 9.17) is 11.6 Å². The van der Waals surface area contributed by atoms with Gasteiger partial charge in [-0.3, -0.25) is 0 Å². The van der Waals surface area contributed by atoms with E-state index in [2.05, 4.69) is 0 Å². The molecule has 0 aliphatic carbocycles. The van der Waals surface area contributed by atoms with Crippen LogP contribution in [0.15, 0.2) is 16.3 Å². The van der Waals surface area contributed by atoms with Crippen LogP contribution in [0.4, 0.5) is 0 Å². The fourth-order valence-corrected chi connectivity index (χ4v) is 5.45. The van der Waals surface area contributed by atoms with Crippen molar-refractivity contribution in [2.75, 3.05) is 13.1 Å². The molecule has 0 bridgehead atoms. The standard InChI is InChI=1S/C12H18ClNO2S2/c13-10-11-12(6-9-17-11)18(15,16)14-7-4-2-1-3-5-8-14/h6,9H,1-5,7-8,10H2. The lowest BCUT2D eigenvalue weighted by Crippen LogP contribution is -2.34. The Morgan fingerprint density at radius 3 is 2.39 bits per heavy atom. The Balaban J connectivity index is 2.23. The molecule has 0 unspecified atom stereocenters. The van der Waals surface area contributed by atoms with E-state index in [-0.39, 0.29) is 5.88 Å². The smallest absolute Gasteiger partial charge is 0.207 e. The SMILES string of the molecule is O=S(=O)(c1ccsc1CCl)N1CCCCCCC1. The van der Waals surface area contributed by atoms with Crippen molar-refractivity contribution in [1.29, 1.82) is 0 Å². The van der Waals surface area contributed by atoms with E-state index in [0.29, 0.717) is 18.0 Å². The van der Waals surface area contributed by atoms with E-state index < -0.39 is 10.0 Å². The van der Waals surface area contributed by atoms with Crippen LogP contribution in [-0.2, 0) is 15.9 Å². The molecule has 1 aliphatic rings. The third-order valence-corrected chi connectivity index (χ3v) is 6.72. The third kappa shape index (κ3) is 3.07. The lowest BCUT2D eigenvalue weighted by Gasteiger charge is -2.24. The molecule has 1 fully saturated rings. The lowest BCUT2D eigenvalue weighted by molar-refractivity contribution is 0.364. The van der Waals surface area contributed by atoms with Gasteiger partial charge in [-0.1, -0.05) is 19.3 Å². The molecule has 2 heterocycles. The van der Waals surface area contributed by atoms with Crippen LogP contribution in [0.3, 0.4) is 0 Å². The molecular weight excluding hydrogens is 290 g/mol. The van der Waals surface area contributed by atoms with Gasteiger partial charge < -0.3 is 0 Å².